The molecular weight excluding hydrogens is 196 g/mol. The Morgan fingerprint density at radius 1 is 1.57 bits per heavy atom. The average Bonchev–Trinajstić information content (AvgIpc) is 2.61. The smallest absolute Gasteiger partial charge is 0.0710 e. The Balaban J connectivity index is 2.41. The molecule has 1 N–H and O–H groups in total. The maximum Gasteiger partial charge on any atom is 0.0710 e. The Morgan fingerprint density at radius 2 is 2.29 bits per heavy atom. The average molecular weight is 218 g/mol. The van der Waals surface area contributed by atoms with Crippen molar-refractivity contribution in [1.29, 1.82) is 0 Å². The number of aliphatic hydroxyl groups excluding tert-OH is 1. The lowest BCUT2D eigenvalue weighted by Crippen LogP contribution is -2.39. The van der Waals surface area contributed by atoms with Gasteiger partial charge < -0.3 is 9.84 Å². The van der Waals surface area contributed by atoms with Crippen LogP contribution in [0.5, 0.6) is 0 Å². The van der Waals surface area contributed by atoms with E-state index in [-0.39, 0.29) is 10.9 Å². The summed E-state index contributed by atoms with van der Waals surface area (Å²) in [4.78, 5) is 0. The van der Waals surface area contributed by atoms with E-state index in [2.05, 4.69) is 13.8 Å². The van der Waals surface area contributed by atoms with E-state index in [0.717, 1.165) is 19.4 Å². The molecule has 3 atom stereocenters. The molecule has 1 heterocycles. The van der Waals surface area contributed by atoms with Crippen LogP contribution in [-0.4, -0.2) is 35.4 Å². The highest BCUT2D eigenvalue weighted by molar-refractivity contribution is 8.00. The van der Waals surface area contributed by atoms with E-state index < -0.39 is 0 Å². The molecule has 0 radical (unpaired) electrons. The van der Waals surface area contributed by atoms with Crippen LogP contribution in [0.3, 0.4) is 0 Å². The fourth-order valence-electron chi connectivity index (χ4n) is 2.10. The number of aliphatic hydroxyl groups is 1. The Kier molecular flexibility index (Phi) is 4.74. The fourth-order valence-corrected chi connectivity index (χ4v) is 3.54. The van der Waals surface area contributed by atoms with E-state index in [1.54, 1.807) is 7.11 Å². The number of hydrogen-bond donors (Lipinski definition) is 1. The van der Waals surface area contributed by atoms with Crippen molar-refractivity contribution in [3.8, 4) is 0 Å². The Morgan fingerprint density at radius 3 is 2.79 bits per heavy atom. The molecule has 84 valence electrons. The molecule has 0 amide bonds. The zero-order valence-electron chi connectivity index (χ0n) is 9.45. The second-order valence-corrected chi connectivity index (χ2v) is 6.10. The Hall–Kier alpha value is 0.270. The molecule has 0 bridgehead atoms. The molecule has 0 spiro atoms. The van der Waals surface area contributed by atoms with Crippen molar-refractivity contribution in [3.63, 3.8) is 0 Å². The van der Waals surface area contributed by atoms with E-state index in [4.69, 9.17) is 4.74 Å². The van der Waals surface area contributed by atoms with E-state index in [9.17, 15) is 5.11 Å². The van der Waals surface area contributed by atoms with Gasteiger partial charge in [0.05, 0.1) is 6.10 Å². The van der Waals surface area contributed by atoms with Crippen molar-refractivity contribution in [2.45, 2.75) is 44.0 Å². The van der Waals surface area contributed by atoms with Crippen LogP contribution in [0.25, 0.3) is 0 Å². The highest BCUT2D eigenvalue weighted by Gasteiger charge is 2.39. The third-order valence-corrected chi connectivity index (χ3v) is 4.79. The molecule has 1 aliphatic heterocycles. The molecule has 1 rings (SSSR count). The lowest BCUT2D eigenvalue weighted by atomic mass is 9.88. The van der Waals surface area contributed by atoms with Crippen molar-refractivity contribution in [2.75, 3.05) is 19.5 Å². The molecule has 14 heavy (non-hydrogen) atoms. The summed E-state index contributed by atoms with van der Waals surface area (Å²) in [6.07, 6.45) is 3.16. The summed E-state index contributed by atoms with van der Waals surface area (Å²) < 4.78 is 5.13. The second kappa shape index (κ2) is 5.38. The topological polar surface area (TPSA) is 29.5 Å². The van der Waals surface area contributed by atoms with E-state index in [1.807, 2.05) is 11.8 Å². The van der Waals surface area contributed by atoms with E-state index in [1.165, 1.54) is 12.2 Å². The zero-order chi connectivity index (χ0) is 10.6. The van der Waals surface area contributed by atoms with E-state index in [0.29, 0.717) is 5.92 Å². The summed E-state index contributed by atoms with van der Waals surface area (Å²) in [6, 6.07) is 0. The Bertz CT molecular complexity index is 167. The van der Waals surface area contributed by atoms with Gasteiger partial charge in [0.1, 0.15) is 0 Å². The first-order chi connectivity index (χ1) is 6.60. The third kappa shape index (κ3) is 2.88. The van der Waals surface area contributed by atoms with Gasteiger partial charge in [0.15, 0.2) is 0 Å². The number of hydrogen-bond acceptors (Lipinski definition) is 3. The summed E-state index contributed by atoms with van der Waals surface area (Å²) in [5.41, 5.74) is 0. The molecule has 0 aromatic rings. The first-order valence-electron chi connectivity index (χ1n) is 5.41. The first-order valence-corrected chi connectivity index (χ1v) is 6.39. The summed E-state index contributed by atoms with van der Waals surface area (Å²) in [5.74, 6) is 1.54. The quantitative estimate of drug-likeness (QED) is 0.768. The number of ether oxygens (including phenoxy) is 1. The molecule has 0 saturated carbocycles. The highest BCUT2D eigenvalue weighted by Crippen LogP contribution is 2.42. The lowest BCUT2D eigenvalue weighted by molar-refractivity contribution is 0.0607. The standard InChI is InChI=1S/C11H22O2S/c1-9(5-7-13-3)10(12)11(2)6-4-8-14-11/h9-10,12H,4-8H2,1-3H3. The normalized spacial score (nSPS) is 31.7. The number of thioether (sulfide) groups is 1. The summed E-state index contributed by atoms with van der Waals surface area (Å²) >= 11 is 1.92. The van der Waals surface area contributed by atoms with Crippen LogP contribution < -0.4 is 0 Å². The van der Waals surface area contributed by atoms with Crippen molar-refractivity contribution in [2.24, 2.45) is 5.92 Å². The van der Waals surface area contributed by atoms with Gasteiger partial charge in [-0.1, -0.05) is 6.92 Å². The first kappa shape index (κ1) is 12.3. The molecule has 0 aromatic heterocycles. The van der Waals surface area contributed by atoms with Gasteiger partial charge in [0.2, 0.25) is 0 Å². The molecule has 1 fully saturated rings. The monoisotopic (exact) mass is 218 g/mol. The predicted octanol–water partition coefficient (Wildman–Crippen LogP) is 2.31. The van der Waals surface area contributed by atoms with Crippen molar-refractivity contribution >= 4 is 11.8 Å². The molecule has 3 heteroatoms. The van der Waals surface area contributed by atoms with Crippen LogP contribution in [-0.2, 0) is 4.74 Å². The fraction of sp³-hybridized carbons (Fsp3) is 1.00. The van der Waals surface area contributed by atoms with Gasteiger partial charge in [-0.3, -0.25) is 0 Å². The van der Waals surface area contributed by atoms with Crippen molar-refractivity contribution in [3.05, 3.63) is 0 Å². The second-order valence-electron chi connectivity index (χ2n) is 4.47. The van der Waals surface area contributed by atoms with Gasteiger partial charge in [0, 0.05) is 18.5 Å². The number of methoxy groups -OCH3 is 1. The summed E-state index contributed by atoms with van der Waals surface area (Å²) in [7, 11) is 1.71. The Labute approximate surface area is 91.4 Å². The van der Waals surface area contributed by atoms with Crippen LogP contribution in [0.1, 0.15) is 33.1 Å². The van der Waals surface area contributed by atoms with Gasteiger partial charge in [0.25, 0.3) is 0 Å². The van der Waals surface area contributed by atoms with Crippen LogP contribution in [0.4, 0.5) is 0 Å². The number of rotatable bonds is 5. The zero-order valence-corrected chi connectivity index (χ0v) is 10.3. The van der Waals surface area contributed by atoms with Crippen LogP contribution in [0, 0.1) is 5.92 Å². The largest absolute Gasteiger partial charge is 0.391 e. The maximum atomic E-state index is 10.2. The minimum Gasteiger partial charge on any atom is -0.391 e. The molecule has 1 saturated heterocycles. The molecule has 1 aliphatic rings. The molecule has 0 aromatic carbocycles. The SMILES string of the molecule is COCCC(C)C(O)C1(C)CCCS1. The summed E-state index contributed by atoms with van der Waals surface area (Å²) in [5, 5.41) is 10.2. The van der Waals surface area contributed by atoms with Crippen LogP contribution in [0.15, 0.2) is 0 Å². The molecule has 0 aliphatic carbocycles. The third-order valence-electron chi connectivity index (χ3n) is 3.19. The van der Waals surface area contributed by atoms with Gasteiger partial charge in [-0.2, -0.15) is 11.8 Å². The van der Waals surface area contributed by atoms with Gasteiger partial charge in [-0.15, -0.1) is 0 Å². The van der Waals surface area contributed by atoms with Crippen molar-refractivity contribution < 1.29 is 9.84 Å². The van der Waals surface area contributed by atoms with Crippen LogP contribution >= 0.6 is 11.8 Å². The maximum absolute atomic E-state index is 10.2. The molecular formula is C11H22O2S. The van der Waals surface area contributed by atoms with Gasteiger partial charge >= 0.3 is 0 Å². The predicted molar refractivity (Wildman–Crippen MR) is 61.8 cm³/mol. The van der Waals surface area contributed by atoms with Gasteiger partial charge in [-0.05, 0) is 37.9 Å². The lowest BCUT2D eigenvalue weighted by Gasteiger charge is -2.33. The van der Waals surface area contributed by atoms with Gasteiger partial charge in [-0.25, -0.2) is 0 Å². The molecule has 3 unspecified atom stereocenters. The van der Waals surface area contributed by atoms with Crippen LogP contribution in [0.2, 0.25) is 0 Å². The minimum atomic E-state index is -0.190. The van der Waals surface area contributed by atoms with Crippen molar-refractivity contribution in [1.82, 2.24) is 0 Å². The highest BCUT2D eigenvalue weighted by atomic mass is 32.2. The molecule has 2 nitrogen and oxygen atoms in total. The summed E-state index contributed by atoms with van der Waals surface area (Å²) in [6.45, 7) is 5.06. The van der Waals surface area contributed by atoms with E-state index >= 15 is 0 Å². The minimum absolute atomic E-state index is 0.0904.